The van der Waals surface area contributed by atoms with Gasteiger partial charge in [0.25, 0.3) is 11.5 Å². The molecule has 0 bridgehead atoms. The van der Waals surface area contributed by atoms with Crippen LogP contribution in [0.15, 0.2) is 69.9 Å². The minimum Gasteiger partial charge on any atom is -0.321 e. The molecule has 152 valence electrons. The number of rotatable bonds is 2. The number of halogens is 3. The number of fused-ring (bicyclic) bond motifs is 2. The molecule has 0 spiro atoms. The van der Waals surface area contributed by atoms with Gasteiger partial charge in [0.15, 0.2) is 0 Å². The lowest BCUT2D eigenvalue weighted by atomic mass is 10.1. The molecule has 4 aromatic rings. The summed E-state index contributed by atoms with van der Waals surface area (Å²) in [6.45, 7) is 0. The summed E-state index contributed by atoms with van der Waals surface area (Å²) in [5, 5.41) is 3.84. The van der Waals surface area contributed by atoms with E-state index in [4.69, 9.17) is 23.2 Å². The van der Waals surface area contributed by atoms with Crippen LogP contribution >= 0.6 is 39.1 Å². The van der Waals surface area contributed by atoms with E-state index in [2.05, 4.69) is 26.2 Å². The Kier molecular flexibility index (Phi) is 4.93. The zero-order valence-corrected chi connectivity index (χ0v) is 18.8. The van der Waals surface area contributed by atoms with Crippen molar-refractivity contribution < 1.29 is 4.79 Å². The van der Waals surface area contributed by atoms with Crippen LogP contribution in [0.25, 0.3) is 28.2 Å². The maximum atomic E-state index is 13.5. The van der Waals surface area contributed by atoms with Crippen LogP contribution in [-0.4, -0.2) is 15.5 Å². The summed E-state index contributed by atoms with van der Waals surface area (Å²) >= 11 is 16.3. The largest absolute Gasteiger partial charge is 0.321 e. The number of aromatic nitrogens is 2. The monoisotopic (exact) mass is 511 g/mol. The van der Waals surface area contributed by atoms with Crippen LogP contribution in [0.2, 0.25) is 10.0 Å². The molecule has 5 nitrogen and oxygen atoms in total. The zero-order chi connectivity index (χ0) is 21.7. The smallest absolute Gasteiger partial charge is 0.266 e. The van der Waals surface area contributed by atoms with Gasteiger partial charge in [0, 0.05) is 15.7 Å². The van der Waals surface area contributed by atoms with Crippen LogP contribution in [0, 0.1) is 0 Å². The molecular weight excluding hydrogens is 501 g/mol. The molecule has 1 aliphatic heterocycles. The second-order valence-electron chi connectivity index (χ2n) is 6.90. The lowest BCUT2D eigenvalue weighted by Gasteiger charge is -2.14. The molecule has 0 fully saturated rings. The second kappa shape index (κ2) is 7.64. The van der Waals surface area contributed by atoms with Crippen LogP contribution in [0.5, 0.6) is 0 Å². The summed E-state index contributed by atoms with van der Waals surface area (Å²) in [6.07, 6.45) is 1.58. The van der Waals surface area contributed by atoms with Gasteiger partial charge in [0.05, 0.1) is 32.2 Å². The summed E-state index contributed by atoms with van der Waals surface area (Å²) < 4.78 is 2.18. The van der Waals surface area contributed by atoms with Crippen molar-refractivity contribution in [2.24, 2.45) is 0 Å². The quantitative estimate of drug-likeness (QED) is 0.337. The van der Waals surface area contributed by atoms with E-state index < -0.39 is 0 Å². The topological polar surface area (TPSA) is 64.0 Å². The number of amides is 1. The average molecular weight is 513 g/mol. The first-order chi connectivity index (χ1) is 14.9. The summed E-state index contributed by atoms with van der Waals surface area (Å²) in [6, 6.07) is 17.5. The Bertz CT molecular complexity index is 1470. The Morgan fingerprint density at radius 1 is 0.968 bits per heavy atom. The molecular formula is C23H12BrCl2N3O2. The van der Waals surface area contributed by atoms with Gasteiger partial charge in [-0.15, -0.1) is 0 Å². The van der Waals surface area contributed by atoms with Crippen molar-refractivity contribution in [1.29, 1.82) is 0 Å². The fourth-order valence-corrected chi connectivity index (χ4v) is 4.53. The van der Waals surface area contributed by atoms with Crippen LogP contribution in [0.4, 0.5) is 5.69 Å². The molecule has 8 heteroatoms. The van der Waals surface area contributed by atoms with Crippen LogP contribution in [0.3, 0.4) is 0 Å². The number of carbonyl (C=O) groups is 1. The molecule has 0 atom stereocenters. The van der Waals surface area contributed by atoms with Gasteiger partial charge in [0.2, 0.25) is 0 Å². The molecule has 0 unspecified atom stereocenters. The van der Waals surface area contributed by atoms with Crippen molar-refractivity contribution in [2.75, 3.05) is 5.32 Å². The normalized spacial score (nSPS) is 14.2. The first kappa shape index (κ1) is 20.0. The first-order valence-electron chi connectivity index (χ1n) is 9.23. The predicted molar refractivity (Wildman–Crippen MR) is 128 cm³/mol. The minimum atomic E-state index is -0.333. The van der Waals surface area contributed by atoms with Gasteiger partial charge < -0.3 is 5.32 Å². The van der Waals surface area contributed by atoms with Gasteiger partial charge in [-0.25, -0.2) is 4.98 Å². The molecule has 2 heterocycles. The van der Waals surface area contributed by atoms with E-state index in [-0.39, 0.29) is 17.3 Å². The highest BCUT2D eigenvalue weighted by molar-refractivity contribution is 9.10. The number of hydrogen-bond donors (Lipinski definition) is 1. The molecule has 5 rings (SSSR count). The van der Waals surface area contributed by atoms with Gasteiger partial charge >= 0.3 is 0 Å². The number of nitrogens with one attached hydrogen (secondary N) is 1. The van der Waals surface area contributed by atoms with Gasteiger partial charge in [-0.1, -0.05) is 57.3 Å². The van der Waals surface area contributed by atoms with E-state index >= 15 is 0 Å². The molecule has 1 N–H and O–H groups in total. The van der Waals surface area contributed by atoms with Gasteiger partial charge in [-0.3, -0.25) is 14.2 Å². The number of para-hydroxylation sites is 2. The summed E-state index contributed by atoms with van der Waals surface area (Å²) in [4.78, 5) is 30.9. The van der Waals surface area contributed by atoms with E-state index in [0.717, 1.165) is 4.47 Å². The van der Waals surface area contributed by atoms with Crippen molar-refractivity contribution >= 4 is 73.3 Å². The van der Waals surface area contributed by atoms with Gasteiger partial charge in [0.1, 0.15) is 5.82 Å². The van der Waals surface area contributed by atoms with E-state index in [1.54, 1.807) is 48.5 Å². The average Bonchev–Trinajstić information content (AvgIpc) is 3.04. The number of carbonyl (C=O) groups excluding carboxylic acids is 1. The Morgan fingerprint density at radius 3 is 2.48 bits per heavy atom. The molecule has 0 radical (unpaired) electrons. The second-order valence-corrected chi connectivity index (χ2v) is 8.63. The third-order valence-corrected chi connectivity index (χ3v) is 6.10. The molecule has 1 amide bonds. The Labute approximate surface area is 195 Å². The Balaban J connectivity index is 1.87. The molecule has 0 saturated heterocycles. The highest BCUT2D eigenvalue weighted by Gasteiger charge is 2.26. The van der Waals surface area contributed by atoms with Crippen molar-refractivity contribution in [1.82, 2.24) is 9.55 Å². The fraction of sp³-hybridized carbons (Fsp3) is 0. The Hall–Kier alpha value is -2.93. The Morgan fingerprint density at radius 2 is 1.71 bits per heavy atom. The van der Waals surface area contributed by atoms with Crippen molar-refractivity contribution in [3.05, 3.63) is 96.9 Å². The maximum Gasteiger partial charge on any atom is 0.266 e. The minimum absolute atomic E-state index is 0.247. The molecule has 1 aromatic heterocycles. The van der Waals surface area contributed by atoms with Gasteiger partial charge in [-0.2, -0.15) is 0 Å². The molecule has 0 aliphatic carbocycles. The van der Waals surface area contributed by atoms with Crippen molar-refractivity contribution in [3.63, 3.8) is 0 Å². The van der Waals surface area contributed by atoms with Crippen LogP contribution in [-0.2, 0) is 4.79 Å². The summed E-state index contributed by atoms with van der Waals surface area (Å²) in [5.74, 6) is -0.0380. The van der Waals surface area contributed by atoms with Crippen LogP contribution < -0.4 is 10.9 Å². The number of nitrogens with zero attached hydrogens (tertiary/aromatic N) is 2. The number of benzene rings is 3. The third-order valence-electron chi connectivity index (χ3n) is 5.00. The van der Waals surface area contributed by atoms with Crippen LogP contribution in [0.1, 0.15) is 11.4 Å². The molecule has 3 aromatic carbocycles. The first-order valence-corrected chi connectivity index (χ1v) is 10.8. The van der Waals surface area contributed by atoms with Gasteiger partial charge in [-0.05, 0) is 48.5 Å². The fourth-order valence-electron chi connectivity index (χ4n) is 3.60. The van der Waals surface area contributed by atoms with E-state index in [0.29, 0.717) is 43.5 Å². The predicted octanol–water partition coefficient (Wildman–Crippen LogP) is 5.95. The lowest BCUT2D eigenvalue weighted by Crippen LogP contribution is -2.23. The molecule has 0 saturated carbocycles. The highest BCUT2D eigenvalue weighted by atomic mass is 79.9. The number of anilines is 1. The number of hydrogen-bond acceptors (Lipinski definition) is 3. The molecule has 31 heavy (non-hydrogen) atoms. The molecule has 1 aliphatic rings. The summed E-state index contributed by atoms with van der Waals surface area (Å²) in [7, 11) is 0. The van der Waals surface area contributed by atoms with Crippen molar-refractivity contribution in [2.45, 2.75) is 0 Å². The third kappa shape index (κ3) is 3.37. The standard InChI is InChI=1S/C23H12BrCl2N3O2/c24-12-8-9-19-14(10-12)15(22(30)28-19)11-20-27-18-7-2-1-4-13(18)23(31)29(20)21-16(25)5-3-6-17(21)26/h1-11H,(H,28,30). The summed E-state index contributed by atoms with van der Waals surface area (Å²) in [5.41, 5.74) is 2.26. The lowest BCUT2D eigenvalue weighted by molar-refractivity contribution is -0.110. The zero-order valence-electron chi connectivity index (χ0n) is 15.7. The van der Waals surface area contributed by atoms with E-state index in [1.807, 2.05) is 18.2 Å². The maximum absolute atomic E-state index is 13.5. The highest BCUT2D eigenvalue weighted by Crippen LogP contribution is 2.36. The van der Waals surface area contributed by atoms with E-state index in [9.17, 15) is 9.59 Å². The van der Waals surface area contributed by atoms with E-state index in [1.165, 1.54) is 4.57 Å². The SMILES string of the molecule is O=C1Nc2ccc(Br)cc2C1=Cc1nc2ccccc2c(=O)n1-c1c(Cl)cccc1Cl. The van der Waals surface area contributed by atoms with Crippen molar-refractivity contribution in [3.8, 4) is 5.69 Å².